The van der Waals surface area contributed by atoms with E-state index < -0.39 is 0 Å². The first-order chi connectivity index (χ1) is 30.8. The number of rotatable bonds is 6. The van der Waals surface area contributed by atoms with Crippen molar-refractivity contribution in [1.29, 1.82) is 0 Å². The molecule has 0 unspecified atom stereocenters. The van der Waals surface area contributed by atoms with Crippen molar-refractivity contribution in [3.8, 4) is 62.1 Å². The van der Waals surface area contributed by atoms with E-state index in [9.17, 15) is 0 Å². The summed E-state index contributed by atoms with van der Waals surface area (Å²) in [4.78, 5) is 15.9. The fourth-order valence-corrected chi connectivity index (χ4v) is 9.77. The minimum Gasteiger partial charge on any atom is -0.308 e. The molecule has 0 aliphatic rings. The smallest absolute Gasteiger partial charge is 0.166 e. The van der Waals surface area contributed by atoms with Crippen LogP contribution in [0, 0.1) is 0 Å². The summed E-state index contributed by atoms with van der Waals surface area (Å²) in [6, 6.07) is 75.5. The number of nitrogens with zero attached hydrogens (tertiary/aromatic N) is 5. The van der Waals surface area contributed by atoms with Gasteiger partial charge in [0.05, 0.1) is 33.3 Å². The van der Waals surface area contributed by atoms with Gasteiger partial charge in [-0.1, -0.05) is 170 Å². The summed E-state index contributed by atoms with van der Waals surface area (Å²) in [5.41, 5.74) is 14.2. The second-order valence-corrected chi connectivity index (χ2v) is 16.0. The summed E-state index contributed by atoms with van der Waals surface area (Å²) in [5, 5.41) is 7.44. The quantitative estimate of drug-likeness (QED) is 0.169. The number of hydrogen-bond donors (Lipinski definition) is 0. The maximum Gasteiger partial charge on any atom is 0.166 e. The molecule has 13 aromatic rings. The Morgan fingerprint density at radius 2 is 0.774 bits per heavy atom. The van der Waals surface area contributed by atoms with Crippen molar-refractivity contribution in [1.82, 2.24) is 23.9 Å². The zero-order chi connectivity index (χ0) is 40.7. The Morgan fingerprint density at radius 3 is 1.58 bits per heavy atom. The van der Waals surface area contributed by atoms with Crippen LogP contribution in [0.25, 0.3) is 122 Å². The van der Waals surface area contributed by atoms with Gasteiger partial charge in [-0.05, 0) is 70.1 Å². The summed E-state index contributed by atoms with van der Waals surface area (Å²) < 4.78 is 4.90. The van der Waals surface area contributed by atoms with Crippen molar-refractivity contribution in [2.75, 3.05) is 0 Å². The molecule has 0 amide bonds. The summed E-state index contributed by atoms with van der Waals surface area (Å²) >= 11 is 0. The van der Waals surface area contributed by atoms with Gasteiger partial charge in [0.1, 0.15) is 0 Å². The molecule has 5 nitrogen and oxygen atoms in total. The average Bonchev–Trinajstić information content (AvgIpc) is 3.83. The summed E-state index contributed by atoms with van der Waals surface area (Å²) in [6.45, 7) is 0. The normalized spacial score (nSPS) is 11.9. The molecule has 0 saturated heterocycles. The molecule has 0 fully saturated rings. The van der Waals surface area contributed by atoms with Crippen LogP contribution in [0.15, 0.2) is 212 Å². The van der Waals surface area contributed by atoms with Gasteiger partial charge in [0, 0.05) is 43.6 Å². The third-order valence-electron chi connectivity index (χ3n) is 12.5. The minimum absolute atomic E-state index is 0.607. The lowest BCUT2D eigenvalue weighted by atomic mass is 10.0. The van der Waals surface area contributed by atoms with E-state index in [4.69, 9.17) is 15.0 Å². The summed E-state index contributed by atoms with van der Waals surface area (Å²) in [6.07, 6.45) is 0. The third kappa shape index (κ3) is 5.18. The third-order valence-corrected chi connectivity index (χ3v) is 12.5. The lowest BCUT2D eigenvalue weighted by molar-refractivity contribution is 1.06. The Hall–Kier alpha value is -8.41. The van der Waals surface area contributed by atoms with Gasteiger partial charge in [-0.15, -0.1) is 0 Å². The second kappa shape index (κ2) is 13.6. The van der Waals surface area contributed by atoms with Crippen molar-refractivity contribution < 1.29 is 0 Å². The SMILES string of the molecule is c1ccc(-c2ccc(-c3nc(-c4cccc(-c5ccccc5)c4)nc(-c4ccccc4-n4c5cccc6c7cccc8c9ccccc9n(c9cccc4c9c65)c78)n3)cc2)cc1. The van der Waals surface area contributed by atoms with Crippen LogP contribution in [0.3, 0.4) is 0 Å². The van der Waals surface area contributed by atoms with Crippen molar-refractivity contribution in [2.45, 2.75) is 0 Å². The molecule has 0 aliphatic heterocycles. The Kier molecular flexibility index (Phi) is 7.54. The molecule has 0 bridgehead atoms. The van der Waals surface area contributed by atoms with Crippen LogP contribution in [0.1, 0.15) is 0 Å². The zero-order valence-corrected chi connectivity index (χ0v) is 33.4. The molecule has 0 N–H and O–H groups in total. The number of benzene rings is 9. The number of fused-ring (bicyclic) bond motifs is 5. The number of aromatic nitrogens is 5. The van der Waals surface area contributed by atoms with Crippen LogP contribution in [0.5, 0.6) is 0 Å². The largest absolute Gasteiger partial charge is 0.308 e. The molecule has 288 valence electrons. The molecule has 0 spiro atoms. The van der Waals surface area contributed by atoms with Crippen LogP contribution in [0.4, 0.5) is 0 Å². The highest BCUT2D eigenvalue weighted by Crippen LogP contribution is 2.45. The van der Waals surface area contributed by atoms with E-state index in [0.717, 1.165) is 55.7 Å². The summed E-state index contributed by atoms with van der Waals surface area (Å²) in [5.74, 6) is 1.84. The molecule has 0 radical (unpaired) electrons. The van der Waals surface area contributed by atoms with E-state index in [1.165, 1.54) is 48.9 Å². The molecule has 9 aromatic carbocycles. The van der Waals surface area contributed by atoms with E-state index in [0.29, 0.717) is 17.5 Å². The Bertz CT molecular complexity index is 3850. The van der Waals surface area contributed by atoms with E-state index >= 15 is 0 Å². The van der Waals surface area contributed by atoms with E-state index in [1.807, 2.05) is 12.1 Å². The van der Waals surface area contributed by atoms with Crippen molar-refractivity contribution in [3.05, 3.63) is 212 Å². The Morgan fingerprint density at radius 1 is 0.290 bits per heavy atom. The molecule has 13 rings (SSSR count). The first kappa shape index (κ1) is 34.5. The van der Waals surface area contributed by atoms with Gasteiger partial charge in [-0.2, -0.15) is 0 Å². The van der Waals surface area contributed by atoms with Crippen LogP contribution >= 0.6 is 0 Å². The molecule has 4 heterocycles. The highest BCUT2D eigenvalue weighted by Gasteiger charge is 2.24. The lowest BCUT2D eigenvalue weighted by Gasteiger charge is -2.15. The van der Waals surface area contributed by atoms with Crippen molar-refractivity contribution in [3.63, 3.8) is 0 Å². The maximum absolute atomic E-state index is 5.34. The van der Waals surface area contributed by atoms with Gasteiger partial charge in [-0.25, -0.2) is 15.0 Å². The van der Waals surface area contributed by atoms with Gasteiger partial charge < -0.3 is 8.97 Å². The van der Waals surface area contributed by atoms with Crippen LogP contribution in [0.2, 0.25) is 0 Å². The molecular weight excluding hydrogens is 755 g/mol. The minimum atomic E-state index is 0.607. The van der Waals surface area contributed by atoms with Crippen LogP contribution in [-0.2, 0) is 0 Å². The first-order valence-electron chi connectivity index (χ1n) is 21.0. The fraction of sp³-hybridized carbons (Fsp3) is 0. The molecule has 62 heavy (non-hydrogen) atoms. The predicted octanol–water partition coefficient (Wildman–Crippen LogP) is 14.5. The van der Waals surface area contributed by atoms with E-state index in [1.54, 1.807) is 0 Å². The molecule has 0 atom stereocenters. The topological polar surface area (TPSA) is 48.0 Å². The molecule has 0 saturated carbocycles. The Labute approximate surface area is 356 Å². The number of hydrogen-bond acceptors (Lipinski definition) is 3. The Balaban J connectivity index is 1.07. The van der Waals surface area contributed by atoms with Gasteiger partial charge in [-0.3, -0.25) is 0 Å². The van der Waals surface area contributed by atoms with Crippen LogP contribution in [-0.4, -0.2) is 23.9 Å². The molecular formula is C57H35N5. The van der Waals surface area contributed by atoms with Crippen molar-refractivity contribution >= 4 is 59.9 Å². The lowest BCUT2D eigenvalue weighted by Crippen LogP contribution is -2.03. The molecule has 4 aromatic heterocycles. The van der Waals surface area contributed by atoms with E-state index in [-0.39, 0.29) is 0 Å². The van der Waals surface area contributed by atoms with Gasteiger partial charge >= 0.3 is 0 Å². The monoisotopic (exact) mass is 789 g/mol. The van der Waals surface area contributed by atoms with Gasteiger partial charge in [0.15, 0.2) is 17.5 Å². The fourth-order valence-electron chi connectivity index (χ4n) is 9.77. The highest BCUT2D eigenvalue weighted by molar-refractivity contribution is 6.31. The standard InChI is InChI=1S/C57H35N5/c1-3-15-36(16-4-1)38-31-33-39(34-32-38)55-58-56(41-20-11-19-40(35-41)37-17-5-2-6-18-37)60-57(59-55)46-22-8-10-27-48(46)61-49-28-13-23-43-45-25-12-24-44-42-21-7-9-26-47(42)62(54(44)45)51-30-14-29-50(61)53(51)52(43)49/h1-35H. The first-order valence-corrected chi connectivity index (χ1v) is 21.0. The zero-order valence-electron chi connectivity index (χ0n) is 33.4. The van der Waals surface area contributed by atoms with Gasteiger partial charge in [0.25, 0.3) is 0 Å². The van der Waals surface area contributed by atoms with Crippen molar-refractivity contribution in [2.24, 2.45) is 0 Å². The van der Waals surface area contributed by atoms with Gasteiger partial charge in [0.2, 0.25) is 0 Å². The maximum atomic E-state index is 5.34. The molecule has 5 heteroatoms. The van der Waals surface area contributed by atoms with E-state index in [2.05, 4.69) is 209 Å². The average molecular weight is 790 g/mol. The number of para-hydroxylation sites is 3. The summed E-state index contributed by atoms with van der Waals surface area (Å²) in [7, 11) is 0. The predicted molar refractivity (Wildman–Crippen MR) is 256 cm³/mol. The second-order valence-electron chi connectivity index (χ2n) is 16.0. The molecule has 0 aliphatic carbocycles. The highest BCUT2D eigenvalue weighted by atomic mass is 15.1. The van der Waals surface area contributed by atoms with Crippen LogP contribution < -0.4 is 0 Å².